The molecule has 2 aromatic carbocycles. The monoisotopic (exact) mass is 327 g/mol. The van der Waals surface area contributed by atoms with Crippen molar-refractivity contribution in [3.63, 3.8) is 0 Å². The van der Waals surface area contributed by atoms with Crippen molar-refractivity contribution >= 4 is 34.2 Å². The van der Waals surface area contributed by atoms with Crippen LogP contribution in [0.25, 0.3) is 11.0 Å². The fourth-order valence-electron chi connectivity index (χ4n) is 2.29. The minimum absolute atomic E-state index is 0.0364. The van der Waals surface area contributed by atoms with Crippen LogP contribution >= 0.6 is 11.6 Å². The quantitative estimate of drug-likeness (QED) is 0.762. The Kier molecular flexibility index (Phi) is 3.92. The molecule has 0 radical (unpaired) electrons. The van der Waals surface area contributed by atoms with Crippen molar-refractivity contribution in [2.45, 2.75) is 13.8 Å². The van der Waals surface area contributed by atoms with E-state index in [1.54, 1.807) is 12.1 Å². The van der Waals surface area contributed by atoms with Crippen LogP contribution in [0.4, 0.5) is 5.69 Å². The first-order chi connectivity index (χ1) is 10.9. The van der Waals surface area contributed by atoms with Crippen LogP contribution in [0.1, 0.15) is 21.7 Å². The molecule has 0 saturated carbocycles. The number of benzene rings is 2. The van der Waals surface area contributed by atoms with E-state index in [2.05, 4.69) is 5.32 Å². The zero-order valence-electron chi connectivity index (χ0n) is 12.6. The highest BCUT2D eigenvalue weighted by molar-refractivity contribution is 6.31. The van der Waals surface area contributed by atoms with Gasteiger partial charge in [-0.05, 0) is 49.2 Å². The largest absolute Gasteiger partial charge is 0.451 e. The number of rotatable bonds is 2. The Hall–Kier alpha value is -2.59. The number of aryl methyl sites for hydroxylation is 2. The van der Waals surface area contributed by atoms with E-state index >= 15 is 0 Å². The van der Waals surface area contributed by atoms with Gasteiger partial charge in [-0.3, -0.25) is 9.59 Å². The summed E-state index contributed by atoms with van der Waals surface area (Å²) < 4.78 is 5.53. The van der Waals surface area contributed by atoms with Gasteiger partial charge in [0.15, 0.2) is 11.2 Å². The lowest BCUT2D eigenvalue weighted by molar-refractivity contribution is 0.0997. The van der Waals surface area contributed by atoms with Crippen molar-refractivity contribution in [2.75, 3.05) is 5.32 Å². The lowest BCUT2D eigenvalue weighted by atomic mass is 10.1. The van der Waals surface area contributed by atoms with Gasteiger partial charge in [0.1, 0.15) is 5.58 Å². The summed E-state index contributed by atoms with van der Waals surface area (Å²) in [4.78, 5) is 24.5. The second kappa shape index (κ2) is 5.89. The highest BCUT2D eigenvalue weighted by Crippen LogP contribution is 2.20. The lowest BCUT2D eigenvalue weighted by Crippen LogP contribution is -2.15. The normalized spacial score (nSPS) is 10.7. The molecular weight excluding hydrogens is 314 g/mol. The summed E-state index contributed by atoms with van der Waals surface area (Å²) in [5.41, 5.74) is 2.67. The van der Waals surface area contributed by atoms with E-state index in [1.165, 1.54) is 12.1 Å². The van der Waals surface area contributed by atoms with Gasteiger partial charge in [-0.1, -0.05) is 23.7 Å². The molecule has 3 aromatic rings. The van der Waals surface area contributed by atoms with Gasteiger partial charge in [0, 0.05) is 16.8 Å². The SMILES string of the molecule is Cc1ccc(C)c(NC(=O)c2cc(=O)c3cc(Cl)ccc3o2)c1. The smallest absolute Gasteiger partial charge is 0.291 e. The summed E-state index contributed by atoms with van der Waals surface area (Å²) in [6.07, 6.45) is 0. The van der Waals surface area contributed by atoms with Crippen LogP contribution < -0.4 is 10.7 Å². The third-order valence-electron chi connectivity index (χ3n) is 3.55. The maximum Gasteiger partial charge on any atom is 0.291 e. The number of amides is 1. The molecule has 0 bridgehead atoms. The van der Waals surface area contributed by atoms with E-state index in [0.717, 1.165) is 11.1 Å². The standard InChI is InChI=1S/C18H14ClNO3/c1-10-3-4-11(2)14(7-10)20-18(22)17-9-15(21)13-8-12(19)5-6-16(13)23-17/h3-9H,1-2H3,(H,20,22). The molecule has 0 atom stereocenters. The third kappa shape index (κ3) is 3.12. The van der Waals surface area contributed by atoms with Crippen LogP contribution in [0.2, 0.25) is 5.02 Å². The predicted molar refractivity (Wildman–Crippen MR) is 91.4 cm³/mol. The number of hydrogen-bond donors (Lipinski definition) is 1. The minimum Gasteiger partial charge on any atom is -0.451 e. The van der Waals surface area contributed by atoms with E-state index in [0.29, 0.717) is 21.7 Å². The Bertz CT molecular complexity index is 976. The van der Waals surface area contributed by atoms with Crippen molar-refractivity contribution in [3.05, 3.63) is 74.6 Å². The first-order valence-electron chi connectivity index (χ1n) is 7.06. The summed E-state index contributed by atoms with van der Waals surface area (Å²) in [5.74, 6) is -0.502. The van der Waals surface area contributed by atoms with Crippen molar-refractivity contribution in [1.82, 2.24) is 0 Å². The Morgan fingerprint density at radius 2 is 1.87 bits per heavy atom. The molecule has 0 aliphatic carbocycles. The van der Waals surface area contributed by atoms with Crippen LogP contribution in [-0.2, 0) is 0 Å². The molecule has 5 heteroatoms. The number of anilines is 1. The molecule has 0 aliphatic rings. The molecular formula is C18H14ClNO3. The molecule has 0 saturated heterocycles. The molecule has 116 valence electrons. The Morgan fingerprint density at radius 1 is 1.09 bits per heavy atom. The molecule has 3 rings (SSSR count). The van der Waals surface area contributed by atoms with Gasteiger partial charge in [0.25, 0.3) is 5.91 Å². The van der Waals surface area contributed by atoms with Crippen LogP contribution in [0.15, 0.2) is 51.7 Å². The third-order valence-corrected chi connectivity index (χ3v) is 3.79. The number of carbonyl (C=O) groups excluding carboxylic acids is 1. The van der Waals surface area contributed by atoms with E-state index in [1.807, 2.05) is 32.0 Å². The number of nitrogens with one attached hydrogen (secondary N) is 1. The lowest BCUT2D eigenvalue weighted by Gasteiger charge is -2.09. The van der Waals surface area contributed by atoms with Gasteiger partial charge in [-0.25, -0.2) is 0 Å². The summed E-state index contributed by atoms with van der Waals surface area (Å²) in [5, 5.41) is 3.56. The van der Waals surface area contributed by atoms with Crippen LogP contribution in [0, 0.1) is 13.8 Å². The van der Waals surface area contributed by atoms with Gasteiger partial charge < -0.3 is 9.73 Å². The number of carbonyl (C=O) groups is 1. The van der Waals surface area contributed by atoms with E-state index < -0.39 is 5.91 Å². The first-order valence-corrected chi connectivity index (χ1v) is 7.44. The fraction of sp³-hybridized carbons (Fsp3) is 0.111. The van der Waals surface area contributed by atoms with Crippen molar-refractivity contribution in [2.24, 2.45) is 0 Å². The van der Waals surface area contributed by atoms with Gasteiger partial charge in [0.2, 0.25) is 0 Å². The molecule has 0 spiro atoms. The topological polar surface area (TPSA) is 59.3 Å². The zero-order chi connectivity index (χ0) is 16.6. The highest BCUT2D eigenvalue weighted by atomic mass is 35.5. The molecule has 0 aliphatic heterocycles. The maximum atomic E-state index is 12.4. The molecule has 1 aromatic heterocycles. The number of halogens is 1. The Balaban J connectivity index is 1.99. The van der Waals surface area contributed by atoms with Gasteiger partial charge >= 0.3 is 0 Å². The van der Waals surface area contributed by atoms with Crippen molar-refractivity contribution < 1.29 is 9.21 Å². The summed E-state index contributed by atoms with van der Waals surface area (Å²) in [6, 6.07) is 11.6. The summed E-state index contributed by atoms with van der Waals surface area (Å²) in [7, 11) is 0. The number of fused-ring (bicyclic) bond motifs is 1. The minimum atomic E-state index is -0.465. The fourth-order valence-corrected chi connectivity index (χ4v) is 2.47. The van der Waals surface area contributed by atoms with Crippen molar-refractivity contribution in [3.8, 4) is 0 Å². The highest BCUT2D eigenvalue weighted by Gasteiger charge is 2.14. The first kappa shape index (κ1) is 15.3. The molecule has 0 unspecified atom stereocenters. The molecule has 23 heavy (non-hydrogen) atoms. The summed E-state index contributed by atoms with van der Waals surface area (Å²) in [6.45, 7) is 3.84. The molecule has 4 nitrogen and oxygen atoms in total. The van der Waals surface area contributed by atoms with Crippen LogP contribution in [0.3, 0.4) is 0 Å². The van der Waals surface area contributed by atoms with Gasteiger partial charge in [-0.2, -0.15) is 0 Å². The van der Waals surface area contributed by atoms with E-state index in [4.69, 9.17) is 16.0 Å². The average molecular weight is 328 g/mol. The molecule has 1 N–H and O–H groups in total. The average Bonchev–Trinajstić information content (AvgIpc) is 2.51. The van der Waals surface area contributed by atoms with Crippen LogP contribution in [-0.4, -0.2) is 5.91 Å². The predicted octanol–water partition coefficient (Wildman–Crippen LogP) is 4.32. The maximum absolute atomic E-state index is 12.4. The van der Waals surface area contributed by atoms with Crippen LogP contribution in [0.5, 0.6) is 0 Å². The van der Waals surface area contributed by atoms with Gasteiger partial charge in [0.05, 0.1) is 5.39 Å². The molecule has 0 fully saturated rings. The van der Waals surface area contributed by atoms with Gasteiger partial charge in [-0.15, -0.1) is 0 Å². The van der Waals surface area contributed by atoms with E-state index in [-0.39, 0.29) is 11.2 Å². The molecule has 1 amide bonds. The van der Waals surface area contributed by atoms with E-state index in [9.17, 15) is 9.59 Å². The zero-order valence-corrected chi connectivity index (χ0v) is 13.4. The Morgan fingerprint density at radius 3 is 2.65 bits per heavy atom. The second-order valence-corrected chi connectivity index (χ2v) is 5.82. The Labute approximate surface area is 137 Å². The second-order valence-electron chi connectivity index (χ2n) is 5.39. The molecule has 1 heterocycles. The van der Waals surface area contributed by atoms with Crippen molar-refractivity contribution in [1.29, 1.82) is 0 Å². The summed E-state index contributed by atoms with van der Waals surface area (Å²) >= 11 is 5.87. The number of hydrogen-bond acceptors (Lipinski definition) is 3.